The highest BCUT2D eigenvalue weighted by Gasteiger charge is 2.37. The van der Waals surface area contributed by atoms with Gasteiger partial charge in [-0.25, -0.2) is 0 Å². The molecule has 1 aromatic carbocycles. The van der Waals surface area contributed by atoms with Gasteiger partial charge in [-0.1, -0.05) is 0 Å². The molecule has 0 aliphatic heterocycles. The van der Waals surface area contributed by atoms with Crippen molar-refractivity contribution in [2.75, 3.05) is 6.54 Å². The average molecular weight is 511 g/mol. The lowest BCUT2D eigenvalue weighted by molar-refractivity contribution is -0.143. The lowest BCUT2D eigenvalue weighted by atomic mass is 10.0. The number of amides is 2. The monoisotopic (exact) mass is 511 g/mol. The highest BCUT2D eigenvalue weighted by Crippen LogP contribution is 2.36. The Morgan fingerprint density at radius 3 is 2.00 bits per heavy atom. The molecule has 0 spiro atoms. The van der Waals surface area contributed by atoms with Crippen LogP contribution in [0.5, 0.6) is 0 Å². The van der Waals surface area contributed by atoms with Gasteiger partial charge in [0.15, 0.2) is 0 Å². The highest BCUT2D eigenvalue weighted by molar-refractivity contribution is 5.95. The molecule has 2 amide bonds. The van der Waals surface area contributed by atoms with Crippen LogP contribution in [0.4, 0.5) is 26.3 Å². The minimum absolute atomic E-state index is 0.0584. The lowest BCUT2D eigenvalue weighted by Gasteiger charge is -2.18. The number of benzene rings is 1. The Bertz CT molecular complexity index is 1230. The third-order valence-electron chi connectivity index (χ3n) is 4.94. The summed E-state index contributed by atoms with van der Waals surface area (Å²) >= 11 is 0. The Morgan fingerprint density at radius 2 is 1.47 bits per heavy atom. The van der Waals surface area contributed by atoms with E-state index in [2.05, 4.69) is 25.6 Å². The Morgan fingerprint density at radius 1 is 0.861 bits per heavy atom. The maximum atomic E-state index is 13.1. The van der Waals surface area contributed by atoms with E-state index in [0.29, 0.717) is 18.7 Å². The summed E-state index contributed by atoms with van der Waals surface area (Å²) in [5, 5.41) is 4.98. The van der Waals surface area contributed by atoms with Crippen molar-refractivity contribution in [1.29, 1.82) is 0 Å². The summed E-state index contributed by atoms with van der Waals surface area (Å²) in [7, 11) is 0. The summed E-state index contributed by atoms with van der Waals surface area (Å²) in [6.07, 6.45) is -6.23. The molecule has 36 heavy (non-hydrogen) atoms. The molecule has 2 N–H and O–H groups in total. The molecule has 1 unspecified atom stereocenters. The van der Waals surface area contributed by atoms with Gasteiger partial charge < -0.3 is 10.6 Å². The van der Waals surface area contributed by atoms with E-state index in [1.807, 2.05) is 0 Å². The predicted octanol–water partition coefficient (Wildman–Crippen LogP) is 4.82. The fourth-order valence-electron chi connectivity index (χ4n) is 3.23. The van der Waals surface area contributed by atoms with Crippen molar-refractivity contribution in [2.45, 2.75) is 32.2 Å². The van der Waals surface area contributed by atoms with Gasteiger partial charge in [0.2, 0.25) is 0 Å². The first-order chi connectivity index (χ1) is 16.8. The van der Waals surface area contributed by atoms with Crippen LogP contribution < -0.4 is 10.6 Å². The number of rotatable bonds is 6. The zero-order valence-electron chi connectivity index (χ0n) is 18.8. The standard InChI is InChI=1S/C23H19F6N5O2/c1-3-30-20(35)13-4-5-17(33-11-13)19-18(31-6-7-32-19)12(2)34-21(36)14-8-15(22(24,25)26)10-16(9-14)23(27,28)29/h4-12H,3H2,1-2H3,(H,30,35)(H,34,36). The molecule has 7 nitrogen and oxygen atoms in total. The first kappa shape index (κ1) is 26.6. The van der Waals surface area contributed by atoms with Gasteiger partial charge in [0, 0.05) is 30.7 Å². The second kappa shape index (κ2) is 10.3. The molecule has 2 heterocycles. The van der Waals surface area contributed by atoms with Crippen molar-refractivity contribution in [3.63, 3.8) is 0 Å². The SMILES string of the molecule is CCNC(=O)c1ccc(-c2nccnc2C(C)NC(=O)c2cc(C(F)(F)F)cc(C(F)(F)F)c2)nc1. The summed E-state index contributed by atoms with van der Waals surface area (Å²) in [6, 6.07) is 2.64. The molecule has 0 fully saturated rings. The molecule has 1 atom stereocenters. The van der Waals surface area contributed by atoms with Crippen LogP contribution >= 0.6 is 0 Å². The van der Waals surface area contributed by atoms with Gasteiger partial charge in [-0.3, -0.25) is 24.5 Å². The van der Waals surface area contributed by atoms with E-state index < -0.39 is 41.0 Å². The minimum atomic E-state index is -5.09. The number of carbonyl (C=O) groups excluding carboxylic acids is 2. The fraction of sp³-hybridized carbons (Fsp3) is 0.261. The molecule has 0 saturated heterocycles. The molecule has 0 aliphatic carbocycles. The molecule has 0 bridgehead atoms. The zero-order chi connectivity index (χ0) is 26.7. The average Bonchev–Trinajstić information content (AvgIpc) is 2.83. The van der Waals surface area contributed by atoms with E-state index in [1.54, 1.807) is 6.92 Å². The summed E-state index contributed by atoms with van der Waals surface area (Å²) < 4.78 is 78.8. The molecule has 0 radical (unpaired) electrons. The van der Waals surface area contributed by atoms with Crippen LogP contribution in [0.3, 0.4) is 0 Å². The maximum absolute atomic E-state index is 13.1. The molecule has 0 saturated carbocycles. The number of nitrogens with one attached hydrogen (secondary N) is 2. The number of pyridine rings is 1. The number of carbonyl (C=O) groups is 2. The summed E-state index contributed by atoms with van der Waals surface area (Å²) in [6.45, 7) is 3.61. The van der Waals surface area contributed by atoms with E-state index in [4.69, 9.17) is 0 Å². The Hall–Kier alpha value is -4.03. The van der Waals surface area contributed by atoms with E-state index in [0.717, 1.165) is 0 Å². The molecule has 0 aliphatic rings. The van der Waals surface area contributed by atoms with Gasteiger partial charge in [-0.05, 0) is 44.2 Å². The maximum Gasteiger partial charge on any atom is 0.416 e. The minimum Gasteiger partial charge on any atom is -0.352 e. The number of alkyl halides is 6. The zero-order valence-corrected chi connectivity index (χ0v) is 18.8. The van der Waals surface area contributed by atoms with Crippen molar-refractivity contribution >= 4 is 11.8 Å². The Kier molecular flexibility index (Phi) is 7.60. The normalized spacial score (nSPS) is 12.7. The predicted molar refractivity (Wildman–Crippen MR) is 116 cm³/mol. The summed E-state index contributed by atoms with van der Waals surface area (Å²) in [5.41, 5.74) is -3.10. The van der Waals surface area contributed by atoms with E-state index in [1.165, 1.54) is 37.6 Å². The van der Waals surface area contributed by atoms with Gasteiger partial charge in [-0.2, -0.15) is 26.3 Å². The third-order valence-corrected chi connectivity index (χ3v) is 4.94. The van der Waals surface area contributed by atoms with Crippen molar-refractivity contribution in [3.8, 4) is 11.4 Å². The third kappa shape index (κ3) is 6.15. The Labute approximate surface area is 201 Å². The number of aromatic nitrogens is 3. The molecule has 13 heteroatoms. The van der Waals surface area contributed by atoms with Crippen LogP contribution in [0.15, 0.2) is 48.9 Å². The van der Waals surface area contributed by atoms with Crippen LogP contribution in [0.1, 0.15) is 57.4 Å². The largest absolute Gasteiger partial charge is 0.416 e. The van der Waals surface area contributed by atoms with Crippen LogP contribution in [0.25, 0.3) is 11.4 Å². The van der Waals surface area contributed by atoms with Gasteiger partial charge in [0.05, 0.1) is 34.1 Å². The molecule has 190 valence electrons. The topological polar surface area (TPSA) is 96.9 Å². The van der Waals surface area contributed by atoms with Crippen molar-refractivity contribution < 1.29 is 35.9 Å². The van der Waals surface area contributed by atoms with Crippen LogP contribution in [-0.2, 0) is 12.4 Å². The number of hydrogen-bond acceptors (Lipinski definition) is 5. The van der Waals surface area contributed by atoms with E-state index >= 15 is 0 Å². The van der Waals surface area contributed by atoms with Gasteiger partial charge in [0.1, 0.15) is 5.69 Å². The molecule has 2 aromatic heterocycles. The first-order valence-corrected chi connectivity index (χ1v) is 10.5. The van der Waals surface area contributed by atoms with Gasteiger partial charge >= 0.3 is 12.4 Å². The Balaban J connectivity index is 1.90. The van der Waals surface area contributed by atoms with Crippen molar-refractivity contribution in [3.05, 3.63) is 76.9 Å². The van der Waals surface area contributed by atoms with Crippen LogP contribution in [0, 0.1) is 0 Å². The highest BCUT2D eigenvalue weighted by atomic mass is 19.4. The van der Waals surface area contributed by atoms with Crippen molar-refractivity contribution in [1.82, 2.24) is 25.6 Å². The van der Waals surface area contributed by atoms with Crippen molar-refractivity contribution in [2.24, 2.45) is 0 Å². The number of hydrogen-bond donors (Lipinski definition) is 2. The fourth-order valence-corrected chi connectivity index (χ4v) is 3.23. The second-order valence-corrected chi connectivity index (χ2v) is 7.57. The summed E-state index contributed by atoms with van der Waals surface area (Å²) in [5.74, 6) is -1.51. The second-order valence-electron chi connectivity index (χ2n) is 7.57. The number of nitrogens with zero attached hydrogens (tertiary/aromatic N) is 3. The molecular weight excluding hydrogens is 492 g/mol. The van der Waals surface area contributed by atoms with Crippen LogP contribution in [0.2, 0.25) is 0 Å². The van der Waals surface area contributed by atoms with E-state index in [-0.39, 0.29) is 34.6 Å². The lowest BCUT2D eigenvalue weighted by Crippen LogP contribution is -2.28. The van der Waals surface area contributed by atoms with Gasteiger partial charge in [-0.15, -0.1) is 0 Å². The van der Waals surface area contributed by atoms with Gasteiger partial charge in [0.25, 0.3) is 11.8 Å². The van der Waals surface area contributed by atoms with E-state index in [9.17, 15) is 35.9 Å². The number of halogens is 6. The quantitative estimate of drug-likeness (QED) is 0.463. The summed E-state index contributed by atoms with van der Waals surface area (Å²) in [4.78, 5) is 37.1. The first-order valence-electron chi connectivity index (χ1n) is 10.5. The molecular formula is C23H19F6N5O2. The molecule has 3 rings (SSSR count). The molecule has 3 aromatic rings. The smallest absolute Gasteiger partial charge is 0.352 e. The van der Waals surface area contributed by atoms with Crippen LogP contribution in [-0.4, -0.2) is 33.3 Å².